The van der Waals surface area contributed by atoms with Crippen molar-refractivity contribution in [2.24, 2.45) is 0 Å². The van der Waals surface area contributed by atoms with Crippen LogP contribution in [0.25, 0.3) is 0 Å². The molecule has 1 saturated heterocycles. The Morgan fingerprint density at radius 3 is 2.27 bits per heavy atom. The smallest absolute Gasteiger partial charge is 0.161 e. The predicted molar refractivity (Wildman–Crippen MR) is 93.4 cm³/mol. The maximum absolute atomic E-state index is 5.71. The molecular weight excluding hydrogens is 300 g/mol. The van der Waals surface area contributed by atoms with Gasteiger partial charge in [-0.3, -0.25) is 4.90 Å². The van der Waals surface area contributed by atoms with Crippen LogP contribution in [0, 0.1) is 0 Å². The van der Waals surface area contributed by atoms with Crippen molar-refractivity contribution in [3.63, 3.8) is 0 Å². The van der Waals surface area contributed by atoms with E-state index in [1.54, 1.807) is 7.11 Å². The summed E-state index contributed by atoms with van der Waals surface area (Å²) < 4.78 is 11.0. The summed E-state index contributed by atoms with van der Waals surface area (Å²) in [4.78, 5) is 4.97. The zero-order valence-electron chi connectivity index (χ0n) is 13.5. The molecule has 0 atom stereocenters. The molecule has 5 heteroatoms. The molecule has 1 aromatic carbocycles. The van der Waals surface area contributed by atoms with E-state index in [1.807, 2.05) is 24.3 Å². The Morgan fingerprint density at radius 1 is 1.00 bits per heavy atom. The minimum atomic E-state index is 0. The van der Waals surface area contributed by atoms with Crippen molar-refractivity contribution in [1.29, 1.82) is 0 Å². The molecule has 0 aromatic heterocycles. The normalized spacial score (nSPS) is 16.5. The van der Waals surface area contributed by atoms with Crippen LogP contribution in [0.5, 0.6) is 11.5 Å². The second-order valence-electron chi connectivity index (χ2n) is 5.17. The molecule has 0 aliphatic carbocycles. The average Bonchev–Trinajstić information content (AvgIpc) is 2.55. The summed E-state index contributed by atoms with van der Waals surface area (Å²) in [6.45, 7) is 9.66. The number of methoxy groups -OCH3 is 1. The summed E-state index contributed by atoms with van der Waals surface area (Å²) in [5, 5.41) is 0. The summed E-state index contributed by atoms with van der Waals surface area (Å²) in [6, 6.07) is 7.73. The van der Waals surface area contributed by atoms with Gasteiger partial charge in [0.05, 0.1) is 7.11 Å². The molecule has 2 rings (SSSR count). The van der Waals surface area contributed by atoms with E-state index in [-0.39, 0.29) is 12.4 Å². The third-order valence-corrected chi connectivity index (χ3v) is 3.85. The van der Waals surface area contributed by atoms with Gasteiger partial charge in [0.25, 0.3) is 0 Å². The fraction of sp³-hybridized carbons (Fsp3) is 0.529. The van der Waals surface area contributed by atoms with Crippen molar-refractivity contribution in [3.8, 4) is 11.5 Å². The van der Waals surface area contributed by atoms with Crippen molar-refractivity contribution >= 4 is 12.4 Å². The van der Waals surface area contributed by atoms with Crippen LogP contribution in [0.1, 0.15) is 6.92 Å². The Bertz CT molecular complexity index is 446. The second-order valence-corrected chi connectivity index (χ2v) is 5.17. The lowest BCUT2D eigenvalue weighted by molar-refractivity contribution is 0.148. The molecule has 22 heavy (non-hydrogen) atoms. The number of nitrogens with zero attached hydrogens (tertiary/aromatic N) is 2. The number of hydrogen-bond acceptors (Lipinski definition) is 4. The molecular formula is C17H27ClN2O2. The van der Waals surface area contributed by atoms with E-state index in [1.165, 1.54) is 13.1 Å². The van der Waals surface area contributed by atoms with Crippen LogP contribution < -0.4 is 9.47 Å². The molecule has 1 heterocycles. The van der Waals surface area contributed by atoms with Gasteiger partial charge < -0.3 is 14.4 Å². The summed E-state index contributed by atoms with van der Waals surface area (Å²) in [6.07, 6.45) is 4.27. The Morgan fingerprint density at radius 2 is 1.64 bits per heavy atom. The molecule has 124 valence electrons. The molecule has 4 nitrogen and oxygen atoms in total. The highest BCUT2D eigenvalue weighted by Crippen LogP contribution is 2.25. The molecule has 1 aliphatic heterocycles. The van der Waals surface area contributed by atoms with Gasteiger partial charge in [-0.15, -0.1) is 12.4 Å². The zero-order valence-corrected chi connectivity index (χ0v) is 14.3. The Kier molecular flexibility index (Phi) is 8.97. The first-order chi connectivity index (χ1) is 10.3. The number of hydrogen-bond donors (Lipinski definition) is 0. The quantitative estimate of drug-likeness (QED) is 0.719. The SMILES string of the molecule is CCN1CCN(CC=CCOc2ccccc2OC)CC1.Cl. The van der Waals surface area contributed by atoms with E-state index in [0.717, 1.165) is 37.7 Å². The van der Waals surface area contributed by atoms with Crippen LogP contribution in [-0.4, -0.2) is 62.8 Å². The van der Waals surface area contributed by atoms with Gasteiger partial charge in [0.1, 0.15) is 6.61 Å². The molecule has 1 aliphatic rings. The van der Waals surface area contributed by atoms with Gasteiger partial charge in [-0.1, -0.05) is 31.2 Å². The van der Waals surface area contributed by atoms with Gasteiger partial charge in [0, 0.05) is 32.7 Å². The average molecular weight is 327 g/mol. The fourth-order valence-corrected chi connectivity index (χ4v) is 2.46. The molecule has 0 saturated carbocycles. The third kappa shape index (κ3) is 5.87. The molecule has 0 unspecified atom stereocenters. The Labute approximate surface area is 140 Å². The molecule has 1 fully saturated rings. The van der Waals surface area contributed by atoms with Crippen LogP contribution in [0.4, 0.5) is 0 Å². The first kappa shape index (κ1) is 18.8. The number of para-hydroxylation sites is 2. The fourth-order valence-electron chi connectivity index (χ4n) is 2.46. The molecule has 0 spiro atoms. The van der Waals surface area contributed by atoms with Gasteiger partial charge in [0.15, 0.2) is 11.5 Å². The highest BCUT2D eigenvalue weighted by atomic mass is 35.5. The monoisotopic (exact) mass is 326 g/mol. The summed E-state index contributed by atoms with van der Waals surface area (Å²) >= 11 is 0. The third-order valence-electron chi connectivity index (χ3n) is 3.85. The van der Waals surface area contributed by atoms with E-state index >= 15 is 0 Å². The summed E-state index contributed by atoms with van der Waals surface area (Å²) in [5.41, 5.74) is 0. The van der Waals surface area contributed by atoms with Gasteiger partial charge >= 0.3 is 0 Å². The van der Waals surface area contributed by atoms with Crippen molar-refractivity contribution in [3.05, 3.63) is 36.4 Å². The van der Waals surface area contributed by atoms with Crippen molar-refractivity contribution < 1.29 is 9.47 Å². The number of ether oxygens (including phenoxy) is 2. The maximum Gasteiger partial charge on any atom is 0.161 e. The Hall–Kier alpha value is -1.23. The molecule has 1 aromatic rings. The standard InChI is InChI=1S/C17H26N2O2.ClH/c1-3-18-11-13-19(14-12-18)10-6-7-15-21-17-9-5-4-8-16(17)20-2;/h4-9H,3,10-15H2,1-2H3;1H. The number of piperazine rings is 1. The van der Waals surface area contributed by atoms with Crippen molar-refractivity contribution in [2.45, 2.75) is 6.92 Å². The lowest BCUT2D eigenvalue weighted by Crippen LogP contribution is -2.46. The topological polar surface area (TPSA) is 24.9 Å². The van der Waals surface area contributed by atoms with Crippen LogP contribution in [0.2, 0.25) is 0 Å². The van der Waals surface area contributed by atoms with Crippen LogP contribution in [-0.2, 0) is 0 Å². The molecule has 0 radical (unpaired) electrons. The van der Waals surface area contributed by atoms with Crippen molar-refractivity contribution in [1.82, 2.24) is 9.80 Å². The van der Waals surface area contributed by atoms with Gasteiger partial charge in [-0.2, -0.15) is 0 Å². The highest BCUT2D eigenvalue weighted by Gasteiger charge is 2.13. The van der Waals surface area contributed by atoms with Crippen LogP contribution in [0.3, 0.4) is 0 Å². The maximum atomic E-state index is 5.71. The van der Waals surface area contributed by atoms with E-state index < -0.39 is 0 Å². The number of halogens is 1. The number of likely N-dealkylation sites (N-methyl/N-ethyl adjacent to an activating group) is 1. The lowest BCUT2D eigenvalue weighted by Gasteiger charge is -2.33. The molecule has 0 bridgehead atoms. The van der Waals surface area contributed by atoms with E-state index in [9.17, 15) is 0 Å². The summed E-state index contributed by atoms with van der Waals surface area (Å²) in [5.74, 6) is 1.57. The molecule has 0 amide bonds. The lowest BCUT2D eigenvalue weighted by atomic mass is 10.3. The first-order valence-electron chi connectivity index (χ1n) is 7.69. The van der Waals surface area contributed by atoms with E-state index in [0.29, 0.717) is 6.61 Å². The number of benzene rings is 1. The zero-order chi connectivity index (χ0) is 14.9. The minimum absolute atomic E-state index is 0. The molecule has 0 N–H and O–H groups in total. The van der Waals surface area contributed by atoms with E-state index in [2.05, 4.69) is 28.9 Å². The van der Waals surface area contributed by atoms with E-state index in [4.69, 9.17) is 9.47 Å². The first-order valence-corrected chi connectivity index (χ1v) is 7.69. The predicted octanol–water partition coefficient (Wildman–Crippen LogP) is 2.69. The largest absolute Gasteiger partial charge is 0.493 e. The minimum Gasteiger partial charge on any atom is -0.493 e. The second kappa shape index (κ2) is 10.5. The Balaban J connectivity index is 0.00000242. The van der Waals surface area contributed by atoms with Gasteiger partial charge in [-0.25, -0.2) is 0 Å². The van der Waals surface area contributed by atoms with Crippen LogP contribution >= 0.6 is 12.4 Å². The summed E-state index contributed by atoms with van der Waals surface area (Å²) in [7, 11) is 1.66. The van der Waals surface area contributed by atoms with Gasteiger partial charge in [0.2, 0.25) is 0 Å². The van der Waals surface area contributed by atoms with Crippen LogP contribution in [0.15, 0.2) is 36.4 Å². The highest BCUT2D eigenvalue weighted by molar-refractivity contribution is 5.85. The number of rotatable bonds is 7. The van der Waals surface area contributed by atoms with Gasteiger partial charge in [-0.05, 0) is 18.7 Å². The van der Waals surface area contributed by atoms with Crippen molar-refractivity contribution in [2.75, 3.05) is 53.0 Å².